The van der Waals surface area contributed by atoms with E-state index in [-0.39, 0.29) is 35.6 Å². The molecule has 2 aromatic rings. The van der Waals surface area contributed by atoms with Crippen molar-refractivity contribution >= 4 is 17.0 Å². The van der Waals surface area contributed by atoms with Crippen LogP contribution in [0.15, 0.2) is 6.33 Å². The Morgan fingerprint density at radius 3 is 2.52 bits per heavy atom. The van der Waals surface area contributed by atoms with Crippen LogP contribution in [0.5, 0.6) is 0 Å². The third-order valence-electron chi connectivity index (χ3n) is 4.64. The number of nitrogen functional groups attached to an aromatic ring is 1. The molecule has 11 heteroatoms. The second kappa shape index (κ2) is 7.26. The van der Waals surface area contributed by atoms with Crippen LogP contribution in [0.4, 0.5) is 5.82 Å². The van der Waals surface area contributed by atoms with E-state index in [1.54, 1.807) is 6.92 Å². The second-order valence-corrected chi connectivity index (χ2v) is 7.04. The Morgan fingerprint density at radius 2 is 1.96 bits per heavy atom. The van der Waals surface area contributed by atoms with Gasteiger partial charge in [-0.05, 0) is 13.8 Å². The van der Waals surface area contributed by atoms with Gasteiger partial charge >= 0.3 is 0 Å². The summed E-state index contributed by atoms with van der Waals surface area (Å²) >= 11 is 0. The molecule has 7 N–H and O–H groups in total. The summed E-state index contributed by atoms with van der Waals surface area (Å²) in [4.78, 5) is 12.7. The van der Waals surface area contributed by atoms with Crippen LogP contribution in [0.25, 0.3) is 11.2 Å². The molecule has 3 heterocycles. The highest BCUT2D eigenvalue weighted by Crippen LogP contribution is 2.41. The minimum Gasteiger partial charge on any atom is -0.394 e. The van der Waals surface area contributed by atoms with Gasteiger partial charge in [0, 0.05) is 12.8 Å². The Hall–Kier alpha value is -1.89. The summed E-state index contributed by atoms with van der Waals surface area (Å²) in [6, 6.07) is 0. The van der Waals surface area contributed by atoms with E-state index in [2.05, 4.69) is 15.0 Å². The molecule has 2 unspecified atom stereocenters. The number of aromatic nitrogens is 4. The van der Waals surface area contributed by atoms with Gasteiger partial charge in [0.2, 0.25) is 0 Å². The molecule has 0 amide bonds. The first-order valence-electron chi connectivity index (χ1n) is 8.70. The van der Waals surface area contributed by atoms with Gasteiger partial charge in [-0.1, -0.05) is 0 Å². The first-order chi connectivity index (χ1) is 12.7. The topological polar surface area (TPSA) is 180 Å². The number of rotatable bonds is 6. The van der Waals surface area contributed by atoms with E-state index in [1.165, 1.54) is 17.8 Å². The van der Waals surface area contributed by atoms with Gasteiger partial charge in [-0.15, -0.1) is 0 Å². The molecular formula is C16H25N5O6. The van der Waals surface area contributed by atoms with E-state index in [1.807, 2.05) is 0 Å². The minimum atomic E-state index is -1.61. The lowest BCUT2D eigenvalue weighted by atomic mass is 9.96. The molecule has 1 fully saturated rings. The fourth-order valence-electron chi connectivity index (χ4n) is 3.51. The molecule has 1 aliphatic rings. The zero-order valence-corrected chi connectivity index (χ0v) is 15.1. The Kier molecular flexibility index (Phi) is 5.34. The van der Waals surface area contributed by atoms with Gasteiger partial charge in [-0.3, -0.25) is 4.57 Å². The fourth-order valence-corrected chi connectivity index (χ4v) is 3.51. The molecule has 27 heavy (non-hydrogen) atoms. The summed E-state index contributed by atoms with van der Waals surface area (Å²) < 4.78 is 7.20. The summed E-state index contributed by atoms with van der Waals surface area (Å²) in [6.45, 7) is 2.58. The Balaban J connectivity index is 2.18. The fraction of sp³-hybridized carbons (Fsp3) is 0.688. The number of fused-ring (bicyclic) bond motifs is 1. The van der Waals surface area contributed by atoms with Gasteiger partial charge in [0.25, 0.3) is 0 Å². The highest BCUT2D eigenvalue weighted by Gasteiger charge is 2.56. The molecule has 1 saturated heterocycles. The van der Waals surface area contributed by atoms with Crippen LogP contribution in [0, 0.1) is 0 Å². The maximum Gasteiger partial charge on any atom is 0.179 e. The molecule has 0 spiro atoms. The van der Waals surface area contributed by atoms with E-state index >= 15 is 0 Å². The number of hydrogen-bond donors (Lipinski definition) is 6. The van der Waals surface area contributed by atoms with E-state index < -0.39 is 42.9 Å². The number of imidazole rings is 1. The number of nitrogens with zero attached hydrogens (tertiary/aromatic N) is 4. The monoisotopic (exact) mass is 383 g/mol. The summed E-state index contributed by atoms with van der Waals surface area (Å²) in [7, 11) is 0. The third-order valence-corrected chi connectivity index (χ3v) is 4.64. The largest absolute Gasteiger partial charge is 0.394 e. The number of ether oxygens (including phenoxy) is 1. The van der Waals surface area contributed by atoms with Crippen molar-refractivity contribution in [2.75, 3.05) is 12.3 Å². The van der Waals surface area contributed by atoms with Crippen LogP contribution in [0.2, 0.25) is 0 Å². The number of hydrogen-bond acceptors (Lipinski definition) is 10. The first kappa shape index (κ1) is 19.9. The predicted molar refractivity (Wildman–Crippen MR) is 93.4 cm³/mol. The summed E-state index contributed by atoms with van der Waals surface area (Å²) in [5.41, 5.74) is 4.82. The van der Waals surface area contributed by atoms with Crippen molar-refractivity contribution in [3.8, 4) is 0 Å². The van der Waals surface area contributed by atoms with Gasteiger partial charge in [-0.25, -0.2) is 15.0 Å². The van der Waals surface area contributed by atoms with Crippen molar-refractivity contribution in [2.24, 2.45) is 0 Å². The SMILES string of the molecule is CC(O)Cc1nc(N)c2ncn([C@]3(CC(C)O)O[C@H](CO)[C@@H](O)[C@H]3O)c2n1. The molecule has 3 rings (SSSR count). The quantitative estimate of drug-likeness (QED) is 0.322. The van der Waals surface area contributed by atoms with Crippen molar-refractivity contribution in [3.63, 3.8) is 0 Å². The molecule has 2 aromatic heterocycles. The molecule has 0 aromatic carbocycles. The number of aliphatic hydroxyl groups excluding tert-OH is 5. The van der Waals surface area contributed by atoms with Gasteiger partial charge in [0.1, 0.15) is 29.7 Å². The Morgan fingerprint density at radius 1 is 1.26 bits per heavy atom. The standard InChI is InChI=1S/C16H25N5O6/c1-7(23)3-10-19-14(17)11-15(20-10)21(6-18-11)16(4-8(2)24)13(26)12(25)9(5-22)27-16/h6-9,12-13,22-26H,3-5H2,1-2H3,(H2,17,19,20)/t7?,8?,9-,12-,13-,16-/m1/s1. The van der Waals surface area contributed by atoms with Crippen molar-refractivity contribution in [1.82, 2.24) is 19.5 Å². The number of nitrogens with two attached hydrogens (primary N) is 1. The number of anilines is 1. The zero-order chi connectivity index (χ0) is 19.9. The lowest BCUT2D eigenvalue weighted by molar-refractivity contribution is -0.163. The lowest BCUT2D eigenvalue weighted by Gasteiger charge is -2.34. The normalized spacial score (nSPS) is 30.7. The summed E-state index contributed by atoms with van der Waals surface area (Å²) in [5.74, 6) is 0.365. The van der Waals surface area contributed by atoms with Crippen molar-refractivity contribution < 1.29 is 30.3 Å². The molecule has 150 valence electrons. The molecule has 0 radical (unpaired) electrons. The maximum atomic E-state index is 10.7. The van der Waals surface area contributed by atoms with Gasteiger partial charge < -0.3 is 36.0 Å². The Labute approximate surface area is 155 Å². The van der Waals surface area contributed by atoms with Gasteiger partial charge in [0.15, 0.2) is 17.2 Å². The molecule has 6 atom stereocenters. The second-order valence-electron chi connectivity index (χ2n) is 7.04. The lowest BCUT2D eigenvalue weighted by Crippen LogP contribution is -2.47. The van der Waals surface area contributed by atoms with Crippen LogP contribution in [0.1, 0.15) is 26.1 Å². The predicted octanol–water partition coefficient (Wildman–Crippen LogP) is -2.13. The molecule has 11 nitrogen and oxygen atoms in total. The van der Waals surface area contributed by atoms with E-state index in [4.69, 9.17) is 10.5 Å². The molecule has 0 aliphatic carbocycles. The van der Waals surface area contributed by atoms with Crippen molar-refractivity contribution in [1.29, 1.82) is 0 Å². The molecule has 1 aliphatic heterocycles. The van der Waals surface area contributed by atoms with E-state index in [0.717, 1.165) is 0 Å². The molecule has 0 bridgehead atoms. The maximum absolute atomic E-state index is 10.7. The summed E-state index contributed by atoms with van der Waals surface area (Å²) in [5, 5.41) is 50.0. The van der Waals surface area contributed by atoms with Crippen LogP contribution >= 0.6 is 0 Å². The smallest absolute Gasteiger partial charge is 0.179 e. The van der Waals surface area contributed by atoms with Gasteiger partial charge in [0.05, 0.1) is 25.1 Å². The highest BCUT2D eigenvalue weighted by molar-refractivity contribution is 5.81. The highest BCUT2D eigenvalue weighted by atomic mass is 16.6. The minimum absolute atomic E-state index is 0.0911. The van der Waals surface area contributed by atoms with Gasteiger partial charge in [-0.2, -0.15) is 0 Å². The zero-order valence-electron chi connectivity index (χ0n) is 15.1. The molecule has 0 saturated carbocycles. The van der Waals surface area contributed by atoms with Crippen LogP contribution in [-0.2, 0) is 16.9 Å². The molecular weight excluding hydrogens is 358 g/mol. The van der Waals surface area contributed by atoms with E-state index in [0.29, 0.717) is 0 Å². The van der Waals surface area contributed by atoms with Crippen LogP contribution in [-0.4, -0.2) is 82.2 Å². The first-order valence-corrected chi connectivity index (χ1v) is 8.70. The number of aliphatic hydroxyl groups is 5. The Bertz CT molecular complexity index is 812. The van der Waals surface area contributed by atoms with E-state index in [9.17, 15) is 25.5 Å². The van der Waals surface area contributed by atoms with Crippen LogP contribution in [0.3, 0.4) is 0 Å². The van der Waals surface area contributed by atoms with Crippen molar-refractivity contribution in [2.45, 2.75) is 62.9 Å². The third kappa shape index (κ3) is 3.37. The average Bonchev–Trinajstić information content (AvgIpc) is 3.10. The summed E-state index contributed by atoms with van der Waals surface area (Å²) in [6.07, 6.45) is -4.09. The average molecular weight is 383 g/mol. The van der Waals surface area contributed by atoms with Crippen molar-refractivity contribution in [3.05, 3.63) is 12.2 Å². The van der Waals surface area contributed by atoms with Crippen LogP contribution < -0.4 is 5.73 Å².